The molecule has 1 aromatic carbocycles. The number of aromatic nitrogens is 2. The van der Waals surface area contributed by atoms with Gasteiger partial charge in [0.05, 0.1) is 11.6 Å². The second-order valence-electron chi connectivity index (χ2n) is 8.72. The summed E-state index contributed by atoms with van der Waals surface area (Å²) in [6.07, 6.45) is 0.836. The smallest absolute Gasteiger partial charge is 0.230 e. The van der Waals surface area contributed by atoms with Crippen molar-refractivity contribution in [1.29, 1.82) is 0 Å². The van der Waals surface area contributed by atoms with E-state index in [1.807, 2.05) is 45.9 Å². The Morgan fingerprint density at radius 3 is 2.66 bits per heavy atom. The maximum absolute atomic E-state index is 13.0. The number of carbonyl (C=O) groups excluding carboxylic acids is 3. The Morgan fingerprint density at radius 2 is 1.94 bits per heavy atom. The van der Waals surface area contributed by atoms with E-state index < -0.39 is 12.2 Å². The van der Waals surface area contributed by atoms with Crippen molar-refractivity contribution < 1.29 is 14.4 Å². The van der Waals surface area contributed by atoms with E-state index in [-0.39, 0.29) is 30.2 Å². The van der Waals surface area contributed by atoms with Gasteiger partial charge in [0, 0.05) is 37.2 Å². The van der Waals surface area contributed by atoms with Crippen LogP contribution in [0, 0.1) is 26.7 Å². The van der Waals surface area contributed by atoms with Gasteiger partial charge in [0.25, 0.3) is 0 Å². The van der Waals surface area contributed by atoms with Crippen molar-refractivity contribution in [2.24, 2.45) is 5.92 Å². The van der Waals surface area contributed by atoms with Gasteiger partial charge in [-0.3, -0.25) is 19.7 Å². The molecule has 0 saturated carbocycles. The molecule has 32 heavy (non-hydrogen) atoms. The molecule has 9 nitrogen and oxygen atoms in total. The summed E-state index contributed by atoms with van der Waals surface area (Å²) in [4.78, 5) is 39.5. The maximum atomic E-state index is 13.0. The number of hydrogen-bond donors (Lipinski definition) is 3. The topological polar surface area (TPSA) is 108 Å². The molecule has 3 amide bonds. The average Bonchev–Trinajstić information content (AvgIpc) is 3.32. The normalized spacial score (nSPS) is 23.4. The molecular weight excluding hydrogens is 408 g/mol. The number of hydrogen-bond acceptors (Lipinski definition) is 5. The van der Waals surface area contributed by atoms with Crippen molar-refractivity contribution in [3.63, 3.8) is 0 Å². The third-order valence-electron chi connectivity index (χ3n) is 6.27. The predicted molar refractivity (Wildman–Crippen MR) is 121 cm³/mol. The fraction of sp³-hybridized carbons (Fsp3) is 0.478. The molecule has 2 aliphatic rings. The summed E-state index contributed by atoms with van der Waals surface area (Å²) in [6, 6.07) is 7.69. The van der Waals surface area contributed by atoms with Gasteiger partial charge in [0.1, 0.15) is 5.82 Å². The molecule has 170 valence electrons. The number of amides is 3. The van der Waals surface area contributed by atoms with E-state index in [4.69, 9.17) is 0 Å². The first kappa shape index (κ1) is 22.0. The van der Waals surface area contributed by atoms with Gasteiger partial charge in [-0.05, 0) is 50.5 Å². The number of rotatable bonds is 5. The number of benzene rings is 1. The van der Waals surface area contributed by atoms with Crippen LogP contribution in [0.4, 0.5) is 11.5 Å². The third-order valence-corrected chi connectivity index (χ3v) is 6.27. The van der Waals surface area contributed by atoms with E-state index in [0.29, 0.717) is 24.5 Å². The highest BCUT2D eigenvalue weighted by Crippen LogP contribution is 2.28. The van der Waals surface area contributed by atoms with Crippen LogP contribution in [0.25, 0.3) is 0 Å². The van der Waals surface area contributed by atoms with Crippen molar-refractivity contribution in [3.8, 4) is 0 Å². The largest absolute Gasteiger partial charge is 0.322 e. The van der Waals surface area contributed by atoms with Crippen LogP contribution in [0.1, 0.15) is 49.3 Å². The van der Waals surface area contributed by atoms with Crippen LogP contribution in [0.15, 0.2) is 24.3 Å². The van der Waals surface area contributed by atoms with Gasteiger partial charge >= 0.3 is 0 Å². The molecule has 0 aliphatic carbocycles. The molecule has 2 fully saturated rings. The summed E-state index contributed by atoms with van der Waals surface area (Å²) in [5.74, 6) is -0.342. The van der Waals surface area contributed by atoms with E-state index in [2.05, 4.69) is 21.0 Å². The minimum absolute atomic E-state index is 0.0424. The molecule has 2 aliphatic heterocycles. The minimum Gasteiger partial charge on any atom is -0.322 e. The third kappa shape index (κ3) is 4.38. The summed E-state index contributed by atoms with van der Waals surface area (Å²) < 4.78 is 1.59. The number of anilines is 2. The van der Waals surface area contributed by atoms with Gasteiger partial charge in [-0.15, -0.1) is 0 Å². The highest BCUT2D eigenvalue weighted by Gasteiger charge is 2.36. The molecule has 3 unspecified atom stereocenters. The molecule has 9 heteroatoms. The summed E-state index contributed by atoms with van der Waals surface area (Å²) in [5, 5.41) is 13.6. The SMILES string of the molecule is CCC1CC(=O)NC(n2nc(C)cc2NC(=O)C2CC(=O)N(c3ccc(C)c(C)c3)C2)N1. The van der Waals surface area contributed by atoms with Crippen LogP contribution in [-0.4, -0.2) is 40.1 Å². The number of carbonyl (C=O) groups is 3. The minimum atomic E-state index is -0.539. The Kier molecular flexibility index (Phi) is 6.01. The molecule has 0 spiro atoms. The van der Waals surface area contributed by atoms with E-state index in [0.717, 1.165) is 23.2 Å². The Balaban J connectivity index is 1.48. The first-order valence-electron chi connectivity index (χ1n) is 11.0. The monoisotopic (exact) mass is 438 g/mol. The molecule has 4 rings (SSSR count). The molecule has 2 saturated heterocycles. The molecular formula is C23H30N6O3. The number of nitrogens with zero attached hydrogens (tertiary/aromatic N) is 3. The molecule has 2 aromatic rings. The lowest BCUT2D eigenvalue weighted by Crippen LogP contribution is -2.53. The summed E-state index contributed by atoms with van der Waals surface area (Å²) in [7, 11) is 0. The lowest BCUT2D eigenvalue weighted by molar-refractivity contribution is -0.125. The predicted octanol–water partition coefficient (Wildman–Crippen LogP) is 2.14. The molecule has 3 atom stereocenters. The maximum Gasteiger partial charge on any atom is 0.230 e. The van der Waals surface area contributed by atoms with Crippen LogP contribution >= 0.6 is 0 Å². The highest BCUT2D eigenvalue weighted by molar-refractivity contribution is 6.03. The second kappa shape index (κ2) is 8.74. The second-order valence-corrected chi connectivity index (χ2v) is 8.72. The van der Waals surface area contributed by atoms with Gasteiger partial charge < -0.3 is 15.5 Å². The van der Waals surface area contributed by atoms with Crippen molar-refractivity contribution in [3.05, 3.63) is 41.1 Å². The Bertz CT molecular complexity index is 1060. The number of aryl methyl sites for hydroxylation is 3. The van der Waals surface area contributed by atoms with Gasteiger partial charge in [-0.2, -0.15) is 5.10 Å². The van der Waals surface area contributed by atoms with Crippen molar-refractivity contribution in [2.45, 2.75) is 59.3 Å². The van der Waals surface area contributed by atoms with Crippen LogP contribution in [0.3, 0.4) is 0 Å². The summed E-state index contributed by atoms with van der Waals surface area (Å²) in [5.41, 5.74) is 3.80. The first-order chi connectivity index (χ1) is 15.2. The lowest BCUT2D eigenvalue weighted by Gasteiger charge is -2.32. The van der Waals surface area contributed by atoms with Gasteiger partial charge in [0.2, 0.25) is 17.7 Å². The van der Waals surface area contributed by atoms with Gasteiger partial charge in [-0.25, -0.2) is 4.68 Å². The zero-order valence-electron chi connectivity index (χ0n) is 18.9. The van der Waals surface area contributed by atoms with E-state index in [1.165, 1.54) is 0 Å². The van der Waals surface area contributed by atoms with Crippen LogP contribution in [0.5, 0.6) is 0 Å². The van der Waals surface area contributed by atoms with E-state index >= 15 is 0 Å². The Labute approximate surface area is 187 Å². The summed E-state index contributed by atoms with van der Waals surface area (Å²) in [6.45, 7) is 8.21. The van der Waals surface area contributed by atoms with Crippen molar-refractivity contribution in [1.82, 2.24) is 20.4 Å². The molecule has 3 heterocycles. The molecule has 3 N–H and O–H groups in total. The molecule has 0 radical (unpaired) electrons. The number of nitrogens with one attached hydrogen (secondary N) is 3. The first-order valence-corrected chi connectivity index (χ1v) is 11.0. The lowest BCUT2D eigenvalue weighted by atomic mass is 10.1. The van der Waals surface area contributed by atoms with Crippen LogP contribution in [0.2, 0.25) is 0 Å². The van der Waals surface area contributed by atoms with Crippen molar-refractivity contribution in [2.75, 3.05) is 16.8 Å². The average molecular weight is 439 g/mol. The quantitative estimate of drug-likeness (QED) is 0.663. The fourth-order valence-corrected chi connectivity index (χ4v) is 4.21. The Hall–Kier alpha value is -3.20. The van der Waals surface area contributed by atoms with Gasteiger partial charge in [0.15, 0.2) is 6.29 Å². The van der Waals surface area contributed by atoms with E-state index in [9.17, 15) is 14.4 Å². The zero-order valence-corrected chi connectivity index (χ0v) is 18.9. The van der Waals surface area contributed by atoms with E-state index in [1.54, 1.807) is 15.6 Å². The zero-order chi connectivity index (χ0) is 23.0. The van der Waals surface area contributed by atoms with Crippen LogP contribution in [-0.2, 0) is 14.4 Å². The molecule has 1 aromatic heterocycles. The summed E-state index contributed by atoms with van der Waals surface area (Å²) >= 11 is 0. The molecule has 0 bridgehead atoms. The Morgan fingerprint density at radius 1 is 1.16 bits per heavy atom. The van der Waals surface area contributed by atoms with Crippen molar-refractivity contribution >= 4 is 29.2 Å². The highest BCUT2D eigenvalue weighted by atomic mass is 16.2. The van der Waals surface area contributed by atoms with Crippen LogP contribution < -0.4 is 20.9 Å². The fourth-order valence-electron chi connectivity index (χ4n) is 4.21. The standard InChI is InChI=1S/C23H30N6O3/c1-5-17-11-20(30)26-23(24-17)29-19(9-15(4)27-29)25-22(32)16-10-21(31)28(12-16)18-7-6-13(2)14(3)8-18/h6-9,16-17,23-24H,5,10-12H2,1-4H3,(H,25,32)(H,26,30). The van der Waals surface area contributed by atoms with Gasteiger partial charge in [-0.1, -0.05) is 13.0 Å².